The van der Waals surface area contributed by atoms with Gasteiger partial charge in [0, 0.05) is 37.4 Å². The number of amides is 1. The normalized spacial score (nSPS) is 10.4. The highest BCUT2D eigenvalue weighted by atomic mass is 16.4. The number of aryl methyl sites for hydroxylation is 2. The number of pyridine rings is 2. The molecular weight excluding hydrogens is 322 g/mol. The number of carboxylic acid groups (broad SMARTS) is 1. The summed E-state index contributed by atoms with van der Waals surface area (Å²) in [4.78, 5) is 30.6. The van der Waals surface area contributed by atoms with Crippen molar-refractivity contribution in [3.63, 3.8) is 0 Å². The van der Waals surface area contributed by atoms with Gasteiger partial charge in [0.2, 0.25) is 0 Å². The number of carbonyl (C=O) groups is 2. The van der Waals surface area contributed by atoms with Crippen LogP contribution >= 0.6 is 0 Å². The van der Waals surface area contributed by atoms with Gasteiger partial charge < -0.3 is 10.4 Å². The highest BCUT2D eigenvalue weighted by Gasteiger charge is 2.10. The molecule has 0 radical (unpaired) electrons. The molecule has 1 amide bonds. The van der Waals surface area contributed by atoms with Crippen molar-refractivity contribution in [3.05, 3.63) is 71.9 Å². The van der Waals surface area contributed by atoms with Crippen LogP contribution in [0.5, 0.6) is 0 Å². The van der Waals surface area contributed by atoms with Gasteiger partial charge in [0.1, 0.15) is 5.69 Å². The maximum Gasteiger partial charge on any atom is 0.354 e. The summed E-state index contributed by atoms with van der Waals surface area (Å²) in [5.41, 5.74) is 1.30. The predicted molar refractivity (Wildman–Crippen MR) is 89.3 cm³/mol. The molecule has 25 heavy (non-hydrogen) atoms. The summed E-state index contributed by atoms with van der Waals surface area (Å²) in [5, 5.41) is 15.8. The first-order chi connectivity index (χ1) is 12.1. The van der Waals surface area contributed by atoms with E-state index in [1.165, 1.54) is 18.3 Å². The predicted octanol–water partition coefficient (Wildman–Crippen LogP) is 1.87. The topological polar surface area (TPSA) is 110 Å². The van der Waals surface area contributed by atoms with Gasteiger partial charge >= 0.3 is 5.97 Å². The van der Waals surface area contributed by atoms with Crippen LogP contribution in [-0.4, -0.2) is 36.7 Å². The number of hydrogen-bond acceptors (Lipinski definition) is 5. The standard InChI is InChI=1S/C17H15N5O3/c23-16(13-1-2-14(17(24)25)19-11-13)20-15-6-10-22(21-15)9-5-12-3-7-18-8-4-12/h1-4,6-8,10-11H,5,9H2,(H,24,25)(H,20,21,23). The van der Waals surface area contributed by atoms with Crippen molar-refractivity contribution in [2.24, 2.45) is 0 Å². The van der Waals surface area contributed by atoms with Crippen LogP contribution in [0.2, 0.25) is 0 Å². The maximum absolute atomic E-state index is 12.1. The summed E-state index contributed by atoms with van der Waals surface area (Å²) >= 11 is 0. The third kappa shape index (κ3) is 4.25. The summed E-state index contributed by atoms with van der Waals surface area (Å²) in [5.74, 6) is -1.12. The van der Waals surface area contributed by atoms with Crippen molar-refractivity contribution in [1.29, 1.82) is 0 Å². The Morgan fingerprint density at radius 1 is 1.12 bits per heavy atom. The average molecular weight is 337 g/mol. The lowest BCUT2D eigenvalue weighted by atomic mass is 10.2. The van der Waals surface area contributed by atoms with Crippen LogP contribution in [0.4, 0.5) is 5.82 Å². The molecule has 8 heteroatoms. The fourth-order valence-corrected chi connectivity index (χ4v) is 2.19. The van der Waals surface area contributed by atoms with Crippen molar-refractivity contribution in [1.82, 2.24) is 19.7 Å². The summed E-state index contributed by atoms with van der Waals surface area (Å²) in [6, 6.07) is 8.28. The van der Waals surface area contributed by atoms with Crippen LogP contribution in [0.15, 0.2) is 55.1 Å². The second-order valence-electron chi connectivity index (χ2n) is 5.26. The van der Waals surface area contributed by atoms with E-state index in [9.17, 15) is 9.59 Å². The van der Waals surface area contributed by atoms with E-state index in [1.54, 1.807) is 29.3 Å². The molecule has 3 rings (SSSR count). The van der Waals surface area contributed by atoms with Gasteiger partial charge in [0.25, 0.3) is 5.91 Å². The zero-order valence-electron chi connectivity index (χ0n) is 13.2. The third-order valence-electron chi connectivity index (χ3n) is 3.51. The number of carboxylic acids is 1. The molecular formula is C17H15N5O3. The van der Waals surface area contributed by atoms with E-state index < -0.39 is 11.9 Å². The third-order valence-corrected chi connectivity index (χ3v) is 3.51. The Labute approximate surface area is 143 Å². The van der Waals surface area contributed by atoms with Crippen molar-refractivity contribution >= 4 is 17.7 Å². The van der Waals surface area contributed by atoms with E-state index in [-0.39, 0.29) is 11.3 Å². The molecule has 0 aromatic carbocycles. The number of aromatic carboxylic acids is 1. The number of carbonyl (C=O) groups excluding carboxylic acids is 1. The zero-order valence-corrected chi connectivity index (χ0v) is 13.2. The van der Waals surface area contributed by atoms with Gasteiger partial charge in [-0.25, -0.2) is 9.78 Å². The summed E-state index contributed by atoms with van der Waals surface area (Å²) in [6.07, 6.45) is 7.29. The lowest BCUT2D eigenvalue weighted by molar-refractivity contribution is 0.0690. The van der Waals surface area contributed by atoms with Gasteiger partial charge in [-0.2, -0.15) is 5.10 Å². The average Bonchev–Trinajstić information content (AvgIpc) is 3.08. The number of hydrogen-bond donors (Lipinski definition) is 2. The Morgan fingerprint density at radius 3 is 2.60 bits per heavy atom. The molecule has 0 aliphatic carbocycles. The molecule has 8 nitrogen and oxygen atoms in total. The highest BCUT2D eigenvalue weighted by molar-refractivity contribution is 6.03. The van der Waals surface area contributed by atoms with E-state index in [1.807, 2.05) is 12.1 Å². The molecule has 0 atom stereocenters. The van der Waals surface area contributed by atoms with Crippen LogP contribution < -0.4 is 5.32 Å². The quantitative estimate of drug-likeness (QED) is 0.710. The van der Waals surface area contributed by atoms with E-state index in [2.05, 4.69) is 20.4 Å². The lowest BCUT2D eigenvalue weighted by Crippen LogP contribution is -2.14. The van der Waals surface area contributed by atoms with Crippen molar-refractivity contribution in [2.45, 2.75) is 13.0 Å². The highest BCUT2D eigenvalue weighted by Crippen LogP contribution is 2.08. The molecule has 2 N–H and O–H groups in total. The van der Waals surface area contributed by atoms with Gasteiger partial charge in [-0.15, -0.1) is 0 Å². The van der Waals surface area contributed by atoms with Crippen molar-refractivity contribution in [2.75, 3.05) is 5.32 Å². The van der Waals surface area contributed by atoms with Crippen LogP contribution in [0, 0.1) is 0 Å². The van der Waals surface area contributed by atoms with Gasteiger partial charge in [-0.05, 0) is 36.2 Å². The number of rotatable bonds is 6. The fraction of sp³-hybridized carbons (Fsp3) is 0.118. The Kier molecular flexibility index (Phi) is 4.79. The summed E-state index contributed by atoms with van der Waals surface area (Å²) in [6.45, 7) is 0.675. The minimum Gasteiger partial charge on any atom is -0.477 e. The molecule has 0 unspecified atom stereocenters. The molecule has 0 bridgehead atoms. The molecule has 3 heterocycles. The van der Waals surface area contributed by atoms with Crippen LogP contribution in [0.25, 0.3) is 0 Å². The van der Waals surface area contributed by atoms with Gasteiger partial charge in [-0.3, -0.25) is 14.5 Å². The van der Waals surface area contributed by atoms with E-state index >= 15 is 0 Å². The smallest absolute Gasteiger partial charge is 0.354 e. The second kappa shape index (κ2) is 7.35. The first-order valence-electron chi connectivity index (χ1n) is 7.55. The molecule has 0 saturated heterocycles. The molecule has 3 aromatic heterocycles. The monoisotopic (exact) mass is 337 g/mol. The van der Waals surface area contributed by atoms with Crippen molar-refractivity contribution < 1.29 is 14.7 Å². The molecule has 126 valence electrons. The Bertz CT molecular complexity index is 875. The number of nitrogens with one attached hydrogen (secondary N) is 1. The van der Waals surface area contributed by atoms with Gasteiger partial charge in [-0.1, -0.05) is 0 Å². The maximum atomic E-state index is 12.1. The van der Waals surface area contributed by atoms with Crippen LogP contribution in [0.3, 0.4) is 0 Å². The SMILES string of the molecule is O=C(Nc1ccn(CCc2ccncc2)n1)c1ccc(C(=O)O)nc1. The Balaban J connectivity index is 1.58. The van der Waals surface area contributed by atoms with Gasteiger partial charge in [0.05, 0.1) is 5.56 Å². The molecule has 3 aromatic rings. The first kappa shape index (κ1) is 16.3. The zero-order chi connectivity index (χ0) is 17.6. The van der Waals surface area contributed by atoms with Crippen molar-refractivity contribution in [3.8, 4) is 0 Å². The molecule has 0 aliphatic heterocycles. The second-order valence-corrected chi connectivity index (χ2v) is 5.26. The summed E-state index contributed by atoms with van der Waals surface area (Å²) < 4.78 is 1.74. The Morgan fingerprint density at radius 2 is 1.92 bits per heavy atom. The van der Waals surface area contributed by atoms with Gasteiger partial charge in [0.15, 0.2) is 5.82 Å². The summed E-state index contributed by atoms with van der Waals surface area (Å²) in [7, 11) is 0. The van der Waals surface area contributed by atoms with Crippen LogP contribution in [-0.2, 0) is 13.0 Å². The first-order valence-corrected chi connectivity index (χ1v) is 7.55. The minimum atomic E-state index is -1.14. The minimum absolute atomic E-state index is 0.114. The molecule has 0 spiro atoms. The van der Waals surface area contributed by atoms with E-state index in [4.69, 9.17) is 5.11 Å². The number of aromatic nitrogens is 4. The lowest BCUT2D eigenvalue weighted by Gasteiger charge is -2.03. The molecule has 0 saturated carbocycles. The van der Waals surface area contributed by atoms with E-state index in [0.29, 0.717) is 12.4 Å². The molecule has 0 aliphatic rings. The largest absolute Gasteiger partial charge is 0.477 e. The molecule has 0 fully saturated rings. The Hall–Kier alpha value is -3.55. The number of anilines is 1. The number of nitrogens with zero attached hydrogens (tertiary/aromatic N) is 4. The van der Waals surface area contributed by atoms with Crippen LogP contribution in [0.1, 0.15) is 26.4 Å². The fourth-order valence-electron chi connectivity index (χ4n) is 2.19. The van der Waals surface area contributed by atoms with E-state index in [0.717, 1.165) is 12.0 Å².